The molecule has 0 aromatic rings. The quantitative estimate of drug-likeness (QED) is 0.343. The predicted octanol–water partition coefficient (Wildman–Crippen LogP) is 4.28. The van der Waals surface area contributed by atoms with Crippen LogP contribution >= 0.6 is 0 Å². The molecule has 0 saturated heterocycles. The Bertz CT molecular complexity index is 212. The summed E-state index contributed by atoms with van der Waals surface area (Å²) in [4.78, 5) is 11.5. The summed E-state index contributed by atoms with van der Waals surface area (Å²) in [5.41, 5.74) is 0. The number of allylic oxidation sites excluding steroid dienone is 1. The van der Waals surface area contributed by atoms with Crippen LogP contribution in [0.25, 0.3) is 0 Å². The summed E-state index contributed by atoms with van der Waals surface area (Å²) in [5, 5.41) is 0. The Morgan fingerprint density at radius 1 is 1.25 bits per heavy atom. The highest BCUT2D eigenvalue weighted by molar-refractivity contribution is 6.73. The van der Waals surface area contributed by atoms with Crippen LogP contribution in [0.5, 0.6) is 0 Å². The average Bonchev–Trinajstić information content (AvgIpc) is 2.16. The molecular weight excluding hydrogens is 216 g/mol. The standard InChI is InChI=1S/C13H26O2Si/c1-5-7-8-9-10-11-13(14)15-16(3,4)12-6-2/h6H,2,5,7-12H2,1,3-4H3. The highest BCUT2D eigenvalue weighted by Gasteiger charge is 2.24. The van der Waals surface area contributed by atoms with Crippen LogP contribution in [0.4, 0.5) is 0 Å². The molecule has 0 amide bonds. The van der Waals surface area contributed by atoms with Gasteiger partial charge < -0.3 is 4.43 Å². The Balaban J connectivity index is 3.61. The van der Waals surface area contributed by atoms with Crippen molar-refractivity contribution in [2.45, 2.75) is 64.6 Å². The van der Waals surface area contributed by atoms with Gasteiger partial charge in [0.15, 0.2) is 0 Å². The van der Waals surface area contributed by atoms with Crippen LogP contribution in [0.2, 0.25) is 19.1 Å². The average molecular weight is 242 g/mol. The zero-order chi connectivity index (χ0) is 12.4. The van der Waals surface area contributed by atoms with Crippen molar-refractivity contribution in [3.8, 4) is 0 Å². The molecule has 0 spiro atoms. The summed E-state index contributed by atoms with van der Waals surface area (Å²) in [6.45, 7) is 10.0. The molecule has 0 bridgehead atoms. The molecule has 0 fully saturated rings. The molecule has 0 saturated carbocycles. The molecule has 3 heteroatoms. The summed E-state index contributed by atoms with van der Waals surface area (Å²) < 4.78 is 5.51. The fourth-order valence-electron chi connectivity index (χ4n) is 1.62. The van der Waals surface area contributed by atoms with Gasteiger partial charge >= 0.3 is 0 Å². The van der Waals surface area contributed by atoms with Gasteiger partial charge in [-0.3, -0.25) is 4.79 Å². The van der Waals surface area contributed by atoms with Gasteiger partial charge in [-0.15, -0.1) is 6.58 Å². The number of hydrogen-bond donors (Lipinski definition) is 0. The van der Waals surface area contributed by atoms with E-state index in [0.717, 1.165) is 18.9 Å². The molecule has 0 aliphatic heterocycles. The van der Waals surface area contributed by atoms with Gasteiger partial charge in [0.25, 0.3) is 14.3 Å². The summed E-state index contributed by atoms with van der Waals surface area (Å²) in [6, 6.07) is 0.842. The number of carbonyl (C=O) groups is 1. The largest absolute Gasteiger partial charge is 0.519 e. The van der Waals surface area contributed by atoms with Crippen LogP contribution in [0.15, 0.2) is 12.7 Å². The molecule has 0 N–H and O–H groups in total. The van der Waals surface area contributed by atoms with Crippen LogP contribution in [0.1, 0.15) is 45.4 Å². The highest BCUT2D eigenvalue weighted by Crippen LogP contribution is 2.14. The van der Waals surface area contributed by atoms with Gasteiger partial charge in [-0.05, 0) is 25.6 Å². The Hall–Kier alpha value is -0.573. The Kier molecular flexibility index (Phi) is 8.26. The minimum Gasteiger partial charge on any atom is -0.519 e. The van der Waals surface area contributed by atoms with Gasteiger partial charge in [-0.1, -0.05) is 38.7 Å². The third-order valence-electron chi connectivity index (χ3n) is 2.51. The molecule has 2 nitrogen and oxygen atoms in total. The minimum atomic E-state index is -1.81. The second-order valence-corrected chi connectivity index (χ2v) is 9.02. The van der Waals surface area contributed by atoms with Gasteiger partial charge in [-0.25, -0.2) is 0 Å². The van der Waals surface area contributed by atoms with Gasteiger partial charge in [0.2, 0.25) is 0 Å². The maximum absolute atomic E-state index is 11.5. The van der Waals surface area contributed by atoms with Gasteiger partial charge in [0.05, 0.1) is 0 Å². The lowest BCUT2D eigenvalue weighted by Crippen LogP contribution is -2.32. The maximum Gasteiger partial charge on any atom is 0.292 e. The lowest BCUT2D eigenvalue weighted by Gasteiger charge is -2.20. The zero-order valence-corrected chi connectivity index (χ0v) is 12.1. The molecule has 0 aromatic carbocycles. The SMILES string of the molecule is C=CC[Si](C)(C)OC(=O)CCCCCCC. The number of unbranched alkanes of at least 4 members (excludes halogenated alkanes) is 4. The molecule has 0 unspecified atom stereocenters. The van der Waals surface area contributed by atoms with Crippen LogP contribution < -0.4 is 0 Å². The van der Waals surface area contributed by atoms with Crippen LogP contribution in [0.3, 0.4) is 0 Å². The van der Waals surface area contributed by atoms with E-state index in [2.05, 4.69) is 26.6 Å². The first kappa shape index (κ1) is 15.4. The lowest BCUT2D eigenvalue weighted by atomic mass is 10.1. The monoisotopic (exact) mass is 242 g/mol. The highest BCUT2D eigenvalue weighted by atomic mass is 28.4. The first-order valence-corrected chi connectivity index (χ1v) is 9.46. The predicted molar refractivity (Wildman–Crippen MR) is 72.0 cm³/mol. The van der Waals surface area contributed by atoms with E-state index in [1.54, 1.807) is 0 Å². The maximum atomic E-state index is 11.5. The molecule has 0 heterocycles. The summed E-state index contributed by atoms with van der Waals surface area (Å²) >= 11 is 0. The molecule has 0 aliphatic rings. The van der Waals surface area contributed by atoms with Gasteiger partial charge in [-0.2, -0.15) is 0 Å². The van der Waals surface area contributed by atoms with Crippen molar-refractivity contribution >= 4 is 14.3 Å². The fraction of sp³-hybridized carbons (Fsp3) is 0.769. The molecule has 0 radical (unpaired) electrons. The zero-order valence-electron chi connectivity index (χ0n) is 11.1. The van der Waals surface area contributed by atoms with Gasteiger partial charge in [0, 0.05) is 6.42 Å². The molecule has 0 rings (SSSR count). The van der Waals surface area contributed by atoms with Crippen molar-refractivity contribution in [2.24, 2.45) is 0 Å². The molecule has 94 valence electrons. The summed E-state index contributed by atoms with van der Waals surface area (Å²) in [5.74, 6) is -0.0185. The van der Waals surface area contributed by atoms with Crippen LogP contribution in [-0.2, 0) is 9.22 Å². The third-order valence-corrected chi connectivity index (χ3v) is 4.56. The second kappa shape index (κ2) is 8.56. The van der Waals surface area contributed by atoms with E-state index in [9.17, 15) is 4.79 Å². The molecule has 0 aliphatic carbocycles. The van der Waals surface area contributed by atoms with Crippen molar-refractivity contribution in [2.75, 3.05) is 0 Å². The Labute approximate surface area is 101 Å². The van der Waals surface area contributed by atoms with Crippen molar-refractivity contribution in [3.63, 3.8) is 0 Å². The molecule has 0 aromatic heterocycles. The van der Waals surface area contributed by atoms with E-state index in [4.69, 9.17) is 4.43 Å². The normalized spacial score (nSPS) is 11.2. The van der Waals surface area contributed by atoms with E-state index in [1.165, 1.54) is 19.3 Å². The first-order chi connectivity index (χ1) is 7.52. The molecule has 16 heavy (non-hydrogen) atoms. The fourth-order valence-corrected chi connectivity index (χ4v) is 3.12. The minimum absolute atomic E-state index is 0.0185. The van der Waals surface area contributed by atoms with E-state index in [0.29, 0.717) is 6.42 Å². The lowest BCUT2D eigenvalue weighted by molar-refractivity contribution is -0.135. The van der Waals surface area contributed by atoms with Crippen molar-refractivity contribution in [1.82, 2.24) is 0 Å². The topological polar surface area (TPSA) is 26.3 Å². The molecule has 0 atom stereocenters. The smallest absolute Gasteiger partial charge is 0.292 e. The first-order valence-electron chi connectivity index (χ1n) is 6.34. The van der Waals surface area contributed by atoms with Crippen LogP contribution in [-0.4, -0.2) is 14.3 Å². The van der Waals surface area contributed by atoms with Crippen molar-refractivity contribution in [3.05, 3.63) is 12.7 Å². The van der Waals surface area contributed by atoms with E-state index in [-0.39, 0.29) is 5.97 Å². The van der Waals surface area contributed by atoms with E-state index < -0.39 is 8.32 Å². The van der Waals surface area contributed by atoms with E-state index >= 15 is 0 Å². The van der Waals surface area contributed by atoms with Crippen LogP contribution in [0, 0.1) is 0 Å². The number of rotatable bonds is 9. The third kappa shape index (κ3) is 8.71. The second-order valence-electron chi connectivity index (χ2n) is 4.89. The molecular formula is C13H26O2Si. The Morgan fingerprint density at radius 2 is 1.88 bits per heavy atom. The number of hydrogen-bond acceptors (Lipinski definition) is 2. The van der Waals surface area contributed by atoms with E-state index in [1.807, 2.05) is 6.08 Å². The summed E-state index contributed by atoms with van der Waals surface area (Å²) in [6.07, 6.45) is 8.29. The van der Waals surface area contributed by atoms with Gasteiger partial charge in [0.1, 0.15) is 0 Å². The van der Waals surface area contributed by atoms with Crippen molar-refractivity contribution in [1.29, 1.82) is 0 Å². The summed E-state index contributed by atoms with van der Waals surface area (Å²) in [7, 11) is -1.81. The Morgan fingerprint density at radius 3 is 2.44 bits per heavy atom. The number of carbonyl (C=O) groups excluding carboxylic acids is 1. The van der Waals surface area contributed by atoms with Crippen molar-refractivity contribution < 1.29 is 9.22 Å².